The van der Waals surface area contributed by atoms with E-state index in [1.807, 2.05) is 0 Å². The van der Waals surface area contributed by atoms with Gasteiger partial charge in [0, 0.05) is 24.4 Å². The van der Waals surface area contributed by atoms with Gasteiger partial charge in [-0.05, 0) is 36.2 Å². The van der Waals surface area contributed by atoms with Gasteiger partial charge in [0.05, 0.1) is 0 Å². The van der Waals surface area contributed by atoms with Crippen molar-refractivity contribution in [1.29, 1.82) is 0 Å². The summed E-state index contributed by atoms with van der Waals surface area (Å²) >= 11 is 0. The Labute approximate surface area is 128 Å². The lowest BCUT2D eigenvalue weighted by Gasteiger charge is -2.08. The van der Waals surface area contributed by atoms with Gasteiger partial charge in [-0.15, -0.1) is 0 Å². The van der Waals surface area contributed by atoms with Crippen molar-refractivity contribution < 1.29 is 14.6 Å². The topological polar surface area (TPSA) is 87.4 Å². The fourth-order valence-corrected chi connectivity index (χ4v) is 1.87. The molecule has 0 radical (unpaired) electrons. The molecular weight excluding hydrogens is 282 g/mol. The fourth-order valence-electron chi connectivity index (χ4n) is 1.87. The van der Waals surface area contributed by atoms with E-state index in [2.05, 4.69) is 17.4 Å². The van der Waals surface area contributed by atoms with Crippen LogP contribution in [0.5, 0.6) is 5.75 Å². The number of hydrogen-bond acceptors (Lipinski definition) is 3. The molecule has 0 spiro atoms. The van der Waals surface area contributed by atoms with Crippen molar-refractivity contribution in [2.75, 3.05) is 11.9 Å². The van der Waals surface area contributed by atoms with E-state index in [1.165, 1.54) is 0 Å². The van der Waals surface area contributed by atoms with Crippen LogP contribution in [0.4, 0.5) is 16.2 Å². The highest BCUT2D eigenvalue weighted by Gasteiger charge is 2.03. The Morgan fingerprint density at radius 2 is 1.77 bits per heavy atom. The number of benzene rings is 2. The number of nitrogens with one attached hydrogen (secondary N) is 2. The molecule has 0 unspecified atom stereocenters. The molecular formula is C16H17N3O3. The molecule has 2 aromatic rings. The first kappa shape index (κ1) is 15.4. The molecule has 0 atom stereocenters. The number of phenols is 1. The standard InChI is InChI=1S/C16H17N3O3/c1-19(22)14-6-4-13(5-7-14)18-16(21)17-11-10-12-2-8-15(20)9-3-12/h2-9,20H,1,10-11H2,(H2,17,18,21). The molecule has 114 valence electrons. The summed E-state index contributed by atoms with van der Waals surface area (Å²) in [5.74, 6) is 0.219. The van der Waals surface area contributed by atoms with Crippen LogP contribution in [0, 0.1) is 5.21 Å². The molecule has 0 saturated carbocycles. The minimum absolute atomic E-state index is 0.219. The number of nitrogens with zero attached hydrogens (tertiary/aromatic N) is 1. The van der Waals surface area contributed by atoms with Gasteiger partial charge in [0.25, 0.3) is 0 Å². The Morgan fingerprint density at radius 3 is 2.36 bits per heavy atom. The first-order chi connectivity index (χ1) is 10.5. The molecule has 3 N–H and O–H groups in total. The first-order valence-corrected chi connectivity index (χ1v) is 6.75. The first-order valence-electron chi connectivity index (χ1n) is 6.75. The van der Waals surface area contributed by atoms with Crippen LogP contribution in [-0.2, 0) is 6.42 Å². The van der Waals surface area contributed by atoms with Crippen molar-refractivity contribution in [2.45, 2.75) is 6.42 Å². The van der Waals surface area contributed by atoms with Gasteiger partial charge in [-0.3, -0.25) is 0 Å². The molecule has 0 fully saturated rings. The number of phenolic OH excluding ortho intramolecular Hbond substituents is 1. The average molecular weight is 299 g/mol. The molecule has 2 aromatic carbocycles. The summed E-state index contributed by atoms with van der Waals surface area (Å²) in [4.78, 5) is 11.7. The number of urea groups is 1. The maximum Gasteiger partial charge on any atom is 0.319 e. The Kier molecular flexibility index (Phi) is 4.98. The van der Waals surface area contributed by atoms with Crippen molar-refractivity contribution in [3.8, 4) is 5.75 Å². The Bertz CT molecular complexity index is 651. The summed E-state index contributed by atoms with van der Waals surface area (Å²) in [6.45, 7) is 3.71. The fraction of sp³-hybridized carbons (Fsp3) is 0.125. The van der Waals surface area contributed by atoms with E-state index in [0.29, 0.717) is 29.1 Å². The van der Waals surface area contributed by atoms with Crippen LogP contribution in [0.3, 0.4) is 0 Å². The van der Waals surface area contributed by atoms with Crippen molar-refractivity contribution in [1.82, 2.24) is 5.32 Å². The second-order valence-electron chi connectivity index (χ2n) is 4.72. The minimum Gasteiger partial charge on any atom is -0.619 e. The zero-order valence-electron chi connectivity index (χ0n) is 12.0. The molecule has 0 aliphatic carbocycles. The number of hydrogen-bond donors (Lipinski definition) is 3. The second-order valence-corrected chi connectivity index (χ2v) is 4.72. The molecule has 6 nitrogen and oxygen atoms in total. The van der Waals surface area contributed by atoms with Crippen molar-refractivity contribution in [2.24, 2.45) is 0 Å². The third kappa shape index (κ3) is 4.52. The molecule has 0 aromatic heterocycles. The number of carbonyl (C=O) groups is 1. The van der Waals surface area contributed by atoms with Crippen LogP contribution in [0.15, 0.2) is 48.5 Å². The summed E-state index contributed by atoms with van der Waals surface area (Å²) in [5, 5.41) is 25.6. The summed E-state index contributed by atoms with van der Waals surface area (Å²) in [6.07, 6.45) is 0.666. The highest BCUT2D eigenvalue weighted by Crippen LogP contribution is 2.15. The molecule has 0 saturated heterocycles. The maximum atomic E-state index is 11.7. The summed E-state index contributed by atoms with van der Waals surface area (Å²) in [6, 6.07) is 12.9. The molecule has 22 heavy (non-hydrogen) atoms. The van der Waals surface area contributed by atoms with E-state index in [-0.39, 0.29) is 11.8 Å². The molecule has 0 aliphatic heterocycles. The van der Waals surface area contributed by atoms with Gasteiger partial charge in [-0.1, -0.05) is 12.1 Å². The number of anilines is 1. The largest absolute Gasteiger partial charge is 0.619 e. The molecule has 2 amide bonds. The van der Waals surface area contributed by atoms with Gasteiger partial charge in [-0.25, -0.2) is 4.79 Å². The number of amides is 2. The summed E-state index contributed by atoms with van der Waals surface area (Å²) in [7, 11) is 0. The smallest absolute Gasteiger partial charge is 0.319 e. The third-order valence-corrected chi connectivity index (χ3v) is 3.05. The van der Waals surface area contributed by atoms with Gasteiger partial charge >= 0.3 is 6.03 Å². The average Bonchev–Trinajstić information content (AvgIpc) is 2.50. The van der Waals surface area contributed by atoms with Gasteiger partial charge in [0.2, 0.25) is 5.69 Å². The van der Waals surface area contributed by atoms with Gasteiger partial charge in [0.1, 0.15) is 12.5 Å². The summed E-state index contributed by atoms with van der Waals surface area (Å²) < 4.78 is 0.501. The number of carbonyl (C=O) groups excluding carboxylic acids is 1. The normalized spacial score (nSPS) is 10.0. The third-order valence-electron chi connectivity index (χ3n) is 3.05. The SMILES string of the molecule is C=[N+]([O-])c1ccc(NC(=O)NCCc2ccc(O)cc2)cc1. The summed E-state index contributed by atoms with van der Waals surface area (Å²) in [5.41, 5.74) is 2.03. The predicted octanol–water partition coefficient (Wildman–Crippen LogP) is 2.60. The molecule has 0 bridgehead atoms. The van der Waals surface area contributed by atoms with E-state index in [0.717, 1.165) is 5.56 Å². The van der Waals surface area contributed by atoms with Crippen molar-refractivity contribution in [3.63, 3.8) is 0 Å². The van der Waals surface area contributed by atoms with E-state index in [9.17, 15) is 15.1 Å². The Morgan fingerprint density at radius 1 is 1.14 bits per heavy atom. The Balaban J connectivity index is 1.77. The number of rotatable bonds is 5. The molecule has 0 aliphatic rings. The lowest BCUT2D eigenvalue weighted by atomic mass is 10.1. The van der Waals surface area contributed by atoms with Crippen LogP contribution in [0.2, 0.25) is 0 Å². The predicted molar refractivity (Wildman–Crippen MR) is 85.7 cm³/mol. The van der Waals surface area contributed by atoms with E-state index in [4.69, 9.17) is 0 Å². The second kappa shape index (κ2) is 7.12. The van der Waals surface area contributed by atoms with Crippen LogP contribution in [-0.4, -0.2) is 29.1 Å². The van der Waals surface area contributed by atoms with Crippen molar-refractivity contribution in [3.05, 3.63) is 59.3 Å². The lowest BCUT2D eigenvalue weighted by Crippen LogP contribution is -2.30. The van der Waals surface area contributed by atoms with E-state index < -0.39 is 0 Å². The van der Waals surface area contributed by atoms with Gasteiger partial charge < -0.3 is 20.9 Å². The zero-order valence-corrected chi connectivity index (χ0v) is 12.0. The van der Waals surface area contributed by atoms with Crippen molar-refractivity contribution >= 4 is 24.1 Å². The zero-order chi connectivity index (χ0) is 15.9. The lowest BCUT2D eigenvalue weighted by molar-refractivity contribution is -0.349. The highest BCUT2D eigenvalue weighted by molar-refractivity contribution is 5.89. The molecule has 0 heterocycles. The maximum absolute atomic E-state index is 11.7. The van der Waals surface area contributed by atoms with Gasteiger partial charge in [-0.2, -0.15) is 4.74 Å². The quantitative estimate of drug-likeness (QED) is 0.343. The monoisotopic (exact) mass is 299 g/mol. The van der Waals surface area contributed by atoms with Crippen LogP contribution < -0.4 is 10.6 Å². The highest BCUT2D eigenvalue weighted by atomic mass is 16.5. The van der Waals surface area contributed by atoms with Gasteiger partial charge in [0.15, 0.2) is 0 Å². The van der Waals surface area contributed by atoms with Crippen LogP contribution in [0.25, 0.3) is 0 Å². The van der Waals surface area contributed by atoms with Crippen LogP contribution in [0.1, 0.15) is 5.56 Å². The minimum atomic E-state index is -0.319. The molecule has 6 heteroatoms. The van der Waals surface area contributed by atoms with E-state index >= 15 is 0 Å². The van der Waals surface area contributed by atoms with Crippen LogP contribution >= 0.6 is 0 Å². The Hall–Kier alpha value is -3.02. The van der Waals surface area contributed by atoms with E-state index in [1.54, 1.807) is 48.5 Å². The molecule has 2 rings (SSSR count). The number of aromatic hydroxyl groups is 1.